The number of anilines is 1. The molecule has 0 bridgehead atoms. The van der Waals surface area contributed by atoms with Gasteiger partial charge in [0.25, 0.3) is 0 Å². The molecule has 1 aromatic carbocycles. The summed E-state index contributed by atoms with van der Waals surface area (Å²) in [6.45, 7) is 5.35. The lowest BCUT2D eigenvalue weighted by molar-refractivity contribution is -0.151. The third-order valence-electron chi connectivity index (χ3n) is 4.94. The van der Waals surface area contributed by atoms with Gasteiger partial charge in [-0.3, -0.25) is 9.59 Å². The van der Waals surface area contributed by atoms with Crippen LogP contribution < -0.4 is 5.32 Å². The van der Waals surface area contributed by atoms with Gasteiger partial charge in [0.2, 0.25) is 5.91 Å². The van der Waals surface area contributed by atoms with Gasteiger partial charge in [-0.25, -0.2) is 13.6 Å². The van der Waals surface area contributed by atoms with Crippen molar-refractivity contribution in [1.82, 2.24) is 9.80 Å². The molecule has 1 saturated heterocycles. The topological polar surface area (TPSA) is 79.0 Å². The molecule has 7 nitrogen and oxygen atoms in total. The van der Waals surface area contributed by atoms with Gasteiger partial charge in [-0.15, -0.1) is 0 Å². The maximum Gasteiger partial charge on any atom is 0.321 e. The van der Waals surface area contributed by atoms with Crippen molar-refractivity contribution < 1.29 is 27.9 Å². The van der Waals surface area contributed by atoms with E-state index in [0.717, 1.165) is 18.6 Å². The average Bonchev–Trinajstić information content (AvgIpc) is 2.73. The SMILES string of the molecule is CCCN(CCC(=O)N1CCCC(C(=O)OCC)C1)C(=O)Nc1ccc(F)cc1F. The number of rotatable bonds is 8. The molecule has 0 saturated carbocycles. The first-order valence-electron chi connectivity index (χ1n) is 10.3. The molecular weight excluding hydrogens is 396 g/mol. The fourth-order valence-electron chi connectivity index (χ4n) is 3.41. The summed E-state index contributed by atoms with van der Waals surface area (Å²) in [5, 5.41) is 2.42. The fourth-order valence-corrected chi connectivity index (χ4v) is 3.41. The van der Waals surface area contributed by atoms with Crippen LogP contribution in [0.5, 0.6) is 0 Å². The summed E-state index contributed by atoms with van der Waals surface area (Å²) in [6, 6.07) is 2.35. The molecule has 1 aliphatic heterocycles. The molecule has 3 amide bonds. The van der Waals surface area contributed by atoms with E-state index in [9.17, 15) is 23.2 Å². The minimum atomic E-state index is -0.866. The Morgan fingerprint density at radius 2 is 2.00 bits per heavy atom. The Bertz CT molecular complexity index is 760. The maximum absolute atomic E-state index is 13.8. The zero-order valence-corrected chi connectivity index (χ0v) is 17.5. The lowest BCUT2D eigenvalue weighted by atomic mass is 9.98. The number of halogens is 2. The predicted octanol–water partition coefficient (Wildman–Crippen LogP) is 3.40. The molecule has 30 heavy (non-hydrogen) atoms. The molecule has 2 rings (SSSR count). The summed E-state index contributed by atoms with van der Waals surface area (Å²) in [5.74, 6) is -2.35. The van der Waals surface area contributed by atoms with Crippen molar-refractivity contribution >= 4 is 23.6 Å². The number of urea groups is 1. The van der Waals surface area contributed by atoms with Crippen molar-refractivity contribution in [3.05, 3.63) is 29.8 Å². The first kappa shape index (κ1) is 23.6. The molecule has 166 valence electrons. The molecule has 1 unspecified atom stereocenters. The van der Waals surface area contributed by atoms with Gasteiger partial charge in [-0.2, -0.15) is 0 Å². The summed E-state index contributed by atoms with van der Waals surface area (Å²) < 4.78 is 31.9. The fraction of sp³-hybridized carbons (Fsp3) is 0.571. The van der Waals surface area contributed by atoms with Crippen LogP contribution in [-0.4, -0.2) is 60.5 Å². The number of hydrogen-bond acceptors (Lipinski definition) is 4. The Morgan fingerprint density at radius 3 is 2.67 bits per heavy atom. The van der Waals surface area contributed by atoms with Crippen LogP contribution in [0.1, 0.15) is 39.5 Å². The van der Waals surface area contributed by atoms with Gasteiger partial charge >= 0.3 is 12.0 Å². The molecule has 0 aromatic heterocycles. The Balaban J connectivity index is 1.92. The highest BCUT2D eigenvalue weighted by atomic mass is 19.1. The van der Waals surface area contributed by atoms with E-state index in [1.807, 2.05) is 6.92 Å². The highest BCUT2D eigenvalue weighted by molar-refractivity contribution is 5.90. The van der Waals surface area contributed by atoms with Crippen molar-refractivity contribution in [2.45, 2.75) is 39.5 Å². The van der Waals surface area contributed by atoms with Crippen LogP contribution in [0, 0.1) is 17.6 Å². The highest BCUT2D eigenvalue weighted by Crippen LogP contribution is 2.19. The Kier molecular flexibility index (Phi) is 9.01. The monoisotopic (exact) mass is 425 g/mol. The Labute approximate surface area is 175 Å². The Hall–Kier alpha value is -2.71. The number of nitrogens with zero attached hydrogens (tertiary/aromatic N) is 2. The predicted molar refractivity (Wildman–Crippen MR) is 108 cm³/mol. The van der Waals surface area contributed by atoms with E-state index in [2.05, 4.69) is 5.32 Å². The molecule has 1 atom stereocenters. The van der Waals surface area contributed by atoms with Crippen molar-refractivity contribution in [2.24, 2.45) is 5.92 Å². The number of hydrogen-bond donors (Lipinski definition) is 1. The molecular formula is C21H29F2N3O4. The summed E-state index contributed by atoms with van der Waals surface area (Å²) >= 11 is 0. The van der Waals surface area contributed by atoms with E-state index in [1.54, 1.807) is 11.8 Å². The number of nitrogens with one attached hydrogen (secondary N) is 1. The zero-order chi connectivity index (χ0) is 22.1. The van der Waals surface area contributed by atoms with E-state index >= 15 is 0 Å². The largest absolute Gasteiger partial charge is 0.466 e. The number of benzene rings is 1. The van der Waals surface area contributed by atoms with Crippen LogP contribution in [-0.2, 0) is 14.3 Å². The van der Waals surface area contributed by atoms with E-state index < -0.39 is 17.7 Å². The van der Waals surface area contributed by atoms with Crippen LogP contribution in [0.3, 0.4) is 0 Å². The molecule has 1 aromatic rings. The number of amides is 3. The summed E-state index contributed by atoms with van der Waals surface area (Å²) in [7, 11) is 0. The Morgan fingerprint density at radius 1 is 1.23 bits per heavy atom. The number of piperidine rings is 1. The number of carbonyl (C=O) groups excluding carboxylic acids is 3. The average molecular weight is 425 g/mol. The molecule has 1 aliphatic rings. The second kappa shape index (κ2) is 11.5. The normalized spacial score (nSPS) is 16.1. The molecule has 1 N–H and O–H groups in total. The number of likely N-dealkylation sites (tertiary alicyclic amines) is 1. The number of carbonyl (C=O) groups is 3. The number of esters is 1. The van der Waals surface area contributed by atoms with Gasteiger partial charge in [0, 0.05) is 38.7 Å². The maximum atomic E-state index is 13.8. The lowest BCUT2D eigenvalue weighted by Gasteiger charge is -2.32. The minimum absolute atomic E-state index is 0.0921. The van der Waals surface area contributed by atoms with Crippen molar-refractivity contribution in [3.8, 4) is 0 Å². The van der Waals surface area contributed by atoms with Crippen LogP contribution >= 0.6 is 0 Å². The smallest absolute Gasteiger partial charge is 0.321 e. The third kappa shape index (κ3) is 6.67. The van der Waals surface area contributed by atoms with Gasteiger partial charge in [0.15, 0.2) is 0 Å². The molecule has 1 fully saturated rings. The van der Waals surface area contributed by atoms with Crippen LogP contribution in [0.15, 0.2) is 18.2 Å². The molecule has 0 radical (unpaired) electrons. The quantitative estimate of drug-likeness (QED) is 0.648. The highest BCUT2D eigenvalue weighted by Gasteiger charge is 2.29. The van der Waals surface area contributed by atoms with Crippen molar-refractivity contribution in [2.75, 3.05) is 38.1 Å². The standard InChI is InChI=1S/C21H29F2N3O4/c1-3-10-25(21(29)24-18-8-7-16(22)13-17(18)23)12-9-19(27)26-11-5-6-15(14-26)20(28)30-4-2/h7-8,13,15H,3-6,9-12,14H2,1-2H3,(H,24,29). The van der Waals surface area contributed by atoms with E-state index in [0.29, 0.717) is 45.1 Å². The number of ether oxygens (including phenoxy) is 1. The van der Waals surface area contributed by atoms with Crippen molar-refractivity contribution in [1.29, 1.82) is 0 Å². The van der Waals surface area contributed by atoms with Crippen LogP contribution in [0.25, 0.3) is 0 Å². The van der Waals surface area contributed by atoms with Gasteiger partial charge in [-0.05, 0) is 38.3 Å². The summed E-state index contributed by atoms with van der Waals surface area (Å²) in [5.41, 5.74) is -0.123. The van der Waals surface area contributed by atoms with Crippen molar-refractivity contribution in [3.63, 3.8) is 0 Å². The van der Waals surface area contributed by atoms with Gasteiger partial charge in [0.05, 0.1) is 18.2 Å². The summed E-state index contributed by atoms with van der Waals surface area (Å²) in [6.07, 6.45) is 2.16. The second-order valence-corrected chi connectivity index (χ2v) is 7.22. The van der Waals surface area contributed by atoms with Crippen LogP contribution in [0.4, 0.5) is 19.3 Å². The molecule has 1 heterocycles. The van der Waals surface area contributed by atoms with Gasteiger partial charge < -0.3 is 19.9 Å². The lowest BCUT2D eigenvalue weighted by Crippen LogP contribution is -2.44. The van der Waals surface area contributed by atoms with Gasteiger partial charge in [-0.1, -0.05) is 6.92 Å². The first-order chi connectivity index (χ1) is 14.3. The zero-order valence-electron chi connectivity index (χ0n) is 17.5. The summed E-state index contributed by atoms with van der Waals surface area (Å²) in [4.78, 5) is 40.1. The van der Waals surface area contributed by atoms with E-state index in [1.165, 1.54) is 4.90 Å². The van der Waals surface area contributed by atoms with E-state index in [-0.39, 0.29) is 36.4 Å². The van der Waals surface area contributed by atoms with Crippen LogP contribution in [0.2, 0.25) is 0 Å². The van der Waals surface area contributed by atoms with E-state index in [4.69, 9.17) is 4.74 Å². The first-order valence-corrected chi connectivity index (χ1v) is 10.3. The molecule has 0 aliphatic carbocycles. The third-order valence-corrected chi connectivity index (χ3v) is 4.94. The van der Waals surface area contributed by atoms with Gasteiger partial charge in [0.1, 0.15) is 11.6 Å². The second-order valence-electron chi connectivity index (χ2n) is 7.22. The molecule has 9 heteroatoms. The minimum Gasteiger partial charge on any atom is -0.466 e. The molecule has 0 spiro atoms.